The van der Waals surface area contributed by atoms with E-state index in [2.05, 4.69) is 88.1 Å². The molecule has 0 saturated carbocycles. The maximum absolute atomic E-state index is 13.7. The summed E-state index contributed by atoms with van der Waals surface area (Å²) in [5.41, 5.74) is 6.47. The molecule has 2 rings (SSSR count). The summed E-state index contributed by atoms with van der Waals surface area (Å²) in [5, 5.41) is 1.26. The fourth-order valence-electron chi connectivity index (χ4n) is 2.96. The molecule has 38 heavy (non-hydrogen) atoms. The van der Waals surface area contributed by atoms with Crippen LogP contribution in [0.1, 0.15) is 120 Å². The number of aryl methyl sites for hydroxylation is 2. The molecule has 0 nitrogen and oxygen atoms in total. The molecule has 0 fully saturated rings. The Morgan fingerprint density at radius 3 is 1.61 bits per heavy atom. The van der Waals surface area contributed by atoms with Crippen LogP contribution in [-0.4, -0.2) is 0 Å². The molecule has 0 aromatic heterocycles. The standard InChI is InChI=1S/C15H15F.C10H17P.C5H12.3C2H6/c1-3-12-5-7-13(8-6-12)14-9-4-11(2)10-15(14)16;1-5-8(3)10(6-2)7-9(4)11;1-3-5-4-2;3*1-2/h4-10H,3H2,1-2H3;5-7H,11H2,1-4H3;3-5H2,1-2H3;3*1-2H3/b;8-5-,9-7+,10-6-;;;;. The molecule has 0 amide bonds. The van der Waals surface area contributed by atoms with Crippen molar-refractivity contribution in [1.29, 1.82) is 0 Å². The normalized spacial score (nSPS) is 10.5. The van der Waals surface area contributed by atoms with Gasteiger partial charge in [-0.3, -0.25) is 0 Å². The fraction of sp³-hybridized carbons (Fsp3) is 0.500. The first-order valence-corrected chi connectivity index (χ1v) is 15.4. The van der Waals surface area contributed by atoms with Gasteiger partial charge in [0.1, 0.15) is 5.82 Å². The molecule has 0 N–H and O–H groups in total. The Morgan fingerprint density at radius 2 is 1.29 bits per heavy atom. The quantitative estimate of drug-likeness (QED) is 0.250. The van der Waals surface area contributed by atoms with Crippen molar-refractivity contribution in [2.75, 3.05) is 0 Å². The maximum atomic E-state index is 13.7. The highest BCUT2D eigenvalue weighted by Crippen LogP contribution is 2.24. The highest BCUT2D eigenvalue weighted by molar-refractivity contribution is 7.22. The van der Waals surface area contributed by atoms with Gasteiger partial charge in [0, 0.05) is 5.56 Å². The molecule has 0 saturated heterocycles. The van der Waals surface area contributed by atoms with E-state index in [1.807, 2.05) is 72.7 Å². The molecule has 0 aliphatic heterocycles. The summed E-state index contributed by atoms with van der Waals surface area (Å²) >= 11 is 0. The lowest BCUT2D eigenvalue weighted by molar-refractivity contribution is 0.630. The molecule has 218 valence electrons. The molecular weight excluding hydrogens is 482 g/mol. The van der Waals surface area contributed by atoms with E-state index in [4.69, 9.17) is 0 Å². The van der Waals surface area contributed by atoms with Crippen molar-refractivity contribution in [3.63, 3.8) is 0 Å². The molecule has 2 heteroatoms. The van der Waals surface area contributed by atoms with Crippen molar-refractivity contribution in [3.05, 3.63) is 94.1 Å². The van der Waals surface area contributed by atoms with E-state index in [-0.39, 0.29) is 5.82 Å². The van der Waals surface area contributed by atoms with Gasteiger partial charge in [-0.25, -0.2) is 4.39 Å². The Kier molecular flexibility index (Phi) is 35.4. The first kappa shape index (κ1) is 43.1. The monoisotopic (exact) mass is 544 g/mol. The minimum absolute atomic E-state index is 0.149. The Labute approximate surface area is 241 Å². The van der Waals surface area contributed by atoms with Gasteiger partial charge in [0.2, 0.25) is 0 Å². The van der Waals surface area contributed by atoms with Crippen LogP contribution in [0.3, 0.4) is 0 Å². The van der Waals surface area contributed by atoms with Gasteiger partial charge in [-0.05, 0) is 74.9 Å². The van der Waals surface area contributed by atoms with Crippen LogP contribution in [0.4, 0.5) is 4.39 Å². The van der Waals surface area contributed by atoms with Crippen LogP contribution in [0.5, 0.6) is 0 Å². The largest absolute Gasteiger partial charge is 0.206 e. The van der Waals surface area contributed by atoms with E-state index < -0.39 is 0 Å². The van der Waals surface area contributed by atoms with Gasteiger partial charge in [0.25, 0.3) is 0 Å². The Bertz CT molecular complexity index is 865. The molecule has 0 aliphatic rings. The number of halogens is 1. The molecule has 1 atom stereocenters. The SMILES string of the molecule is CC.CC.CC.CCCCC.CCc1ccc(-c2ccc(C)cc2F)cc1.C\C=C(C)/C(=C\C)/C=C(\C)P. The van der Waals surface area contributed by atoms with Crippen molar-refractivity contribution in [2.24, 2.45) is 0 Å². The lowest BCUT2D eigenvalue weighted by Crippen LogP contribution is -1.86. The average Bonchev–Trinajstić information content (AvgIpc) is 2.95. The third kappa shape index (κ3) is 22.0. The summed E-state index contributed by atoms with van der Waals surface area (Å²) < 4.78 is 13.7. The minimum Gasteiger partial charge on any atom is -0.206 e. The van der Waals surface area contributed by atoms with Crippen LogP contribution in [-0.2, 0) is 6.42 Å². The summed E-state index contributed by atoms with van der Waals surface area (Å²) in [7, 11) is 2.69. The van der Waals surface area contributed by atoms with Crippen LogP contribution in [0.2, 0.25) is 0 Å². The summed E-state index contributed by atoms with van der Waals surface area (Å²) in [5.74, 6) is -0.149. The Morgan fingerprint density at radius 1 is 0.789 bits per heavy atom. The second-order valence-corrected chi connectivity index (χ2v) is 8.90. The molecule has 2 aromatic rings. The number of allylic oxidation sites excluding steroid dienone is 6. The number of unbranched alkanes of at least 4 members (excludes halogenated alkanes) is 2. The van der Waals surface area contributed by atoms with Crippen LogP contribution in [0.25, 0.3) is 11.1 Å². The number of hydrogen-bond donors (Lipinski definition) is 0. The first-order chi connectivity index (χ1) is 18.2. The maximum Gasteiger partial charge on any atom is 0.131 e. The highest BCUT2D eigenvalue weighted by atomic mass is 31.0. The lowest BCUT2D eigenvalue weighted by Gasteiger charge is -2.05. The van der Waals surface area contributed by atoms with Gasteiger partial charge < -0.3 is 0 Å². The average molecular weight is 545 g/mol. The van der Waals surface area contributed by atoms with Crippen molar-refractivity contribution in [2.45, 2.75) is 123 Å². The van der Waals surface area contributed by atoms with Crippen LogP contribution < -0.4 is 0 Å². The smallest absolute Gasteiger partial charge is 0.131 e. The molecule has 0 heterocycles. The van der Waals surface area contributed by atoms with E-state index in [0.717, 1.165) is 17.5 Å². The second kappa shape index (κ2) is 31.2. The van der Waals surface area contributed by atoms with Crippen molar-refractivity contribution >= 4 is 9.24 Å². The third-order valence-corrected chi connectivity index (χ3v) is 5.25. The van der Waals surface area contributed by atoms with Gasteiger partial charge in [-0.2, -0.15) is 0 Å². The summed E-state index contributed by atoms with van der Waals surface area (Å²) in [6.45, 7) is 28.8. The number of hydrogen-bond acceptors (Lipinski definition) is 0. The van der Waals surface area contributed by atoms with Gasteiger partial charge >= 0.3 is 0 Å². The van der Waals surface area contributed by atoms with Gasteiger partial charge in [0.15, 0.2) is 0 Å². The third-order valence-electron chi connectivity index (χ3n) is 5.09. The topological polar surface area (TPSA) is 0 Å². The lowest BCUT2D eigenvalue weighted by atomic mass is 10.0. The van der Waals surface area contributed by atoms with Crippen LogP contribution in [0, 0.1) is 12.7 Å². The zero-order valence-electron chi connectivity index (χ0n) is 27.6. The second-order valence-electron chi connectivity index (χ2n) is 7.99. The molecule has 0 aliphatic carbocycles. The zero-order chi connectivity index (χ0) is 30.5. The van der Waals surface area contributed by atoms with Gasteiger partial charge in [-0.1, -0.05) is 142 Å². The van der Waals surface area contributed by atoms with E-state index in [0.29, 0.717) is 5.56 Å². The van der Waals surface area contributed by atoms with E-state index in [1.165, 1.54) is 41.3 Å². The summed E-state index contributed by atoms with van der Waals surface area (Å²) in [6, 6.07) is 13.4. The van der Waals surface area contributed by atoms with Crippen molar-refractivity contribution < 1.29 is 4.39 Å². The molecule has 0 bridgehead atoms. The van der Waals surface area contributed by atoms with Gasteiger partial charge in [-0.15, -0.1) is 9.24 Å². The number of benzene rings is 2. The minimum atomic E-state index is -0.149. The molecule has 2 aromatic carbocycles. The highest BCUT2D eigenvalue weighted by Gasteiger charge is 2.04. The summed E-state index contributed by atoms with van der Waals surface area (Å²) in [4.78, 5) is 0. The zero-order valence-corrected chi connectivity index (χ0v) is 28.7. The van der Waals surface area contributed by atoms with Crippen molar-refractivity contribution in [1.82, 2.24) is 0 Å². The van der Waals surface area contributed by atoms with Gasteiger partial charge in [0.05, 0.1) is 0 Å². The molecular formula is C36H62FP. The predicted octanol–water partition coefficient (Wildman–Crippen LogP) is 13.3. The molecule has 1 unspecified atom stereocenters. The van der Waals surface area contributed by atoms with E-state index in [1.54, 1.807) is 6.07 Å². The van der Waals surface area contributed by atoms with Crippen LogP contribution >= 0.6 is 9.24 Å². The molecule has 0 spiro atoms. The first-order valence-electron chi connectivity index (χ1n) is 14.8. The Hall–Kier alpha value is -1.98. The number of rotatable bonds is 6. The van der Waals surface area contributed by atoms with E-state index >= 15 is 0 Å². The Balaban J connectivity index is -0.000000229. The molecule has 0 radical (unpaired) electrons. The van der Waals surface area contributed by atoms with Crippen molar-refractivity contribution in [3.8, 4) is 11.1 Å². The summed E-state index contributed by atoms with van der Waals surface area (Å²) in [6.07, 6.45) is 11.5. The predicted molar refractivity (Wildman–Crippen MR) is 182 cm³/mol. The van der Waals surface area contributed by atoms with Crippen LogP contribution in [0.15, 0.2) is 77.2 Å². The fourth-order valence-corrected chi connectivity index (χ4v) is 3.14. The van der Waals surface area contributed by atoms with E-state index in [9.17, 15) is 4.39 Å².